The SMILES string of the molecule is CCC1CCCCC1C(N)CC1CCS(=O)(=O)C1. The lowest BCUT2D eigenvalue weighted by atomic mass is 9.72. The third-order valence-corrected chi connectivity index (χ3v) is 6.81. The Labute approximate surface area is 111 Å². The summed E-state index contributed by atoms with van der Waals surface area (Å²) < 4.78 is 23.0. The number of hydrogen-bond acceptors (Lipinski definition) is 3. The van der Waals surface area contributed by atoms with Crippen LogP contribution in [-0.2, 0) is 9.84 Å². The highest BCUT2D eigenvalue weighted by Gasteiger charge is 2.34. The van der Waals surface area contributed by atoms with Gasteiger partial charge in [-0.15, -0.1) is 0 Å². The molecule has 1 saturated carbocycles. The Morgan fingerprint density at radius 3 is 2.56 bits per heavy atom. The van der Waals surface area contributed by atoms with Crippen LogP contribution >= 0.6 is 0 Å². The van der Waals surface area contributed by atoms with Crippen LogP contribution in [0.3, 0.4) is 0 Å². The molecule has 2 N–H and O–H groups in total. The zero-order valence-corrected chi connectivity index (χ0v) is 12.3. The van der Waals surface area contributed by atoms with E-state index in [0.717, 1.165) is 18.8 Å². The van der Waals surface area contributed by atoms with Crippen LogP contribution in [-0.4, -0.2) is 26.0 Å². The summed E-state index contributed by atoms with van der Waals surface area (Å²) in [6, 6.07) is 0.216. The highest BCUT2D eigenvalue weighted by atomic mass is 32.2. The molecule has 0 aromatic carbocycles. The van der Waals surface area contributed by atoms with Crippen molar-refractivity contribution in [1.82, 2.24) is 0 Å². The first-order chi connectivity index (χ1) is 8.52. The second-order valence-electron chi connectivity index (χ2n) is 6.29. The summed E-state index contributed by atoms with van der Waals surface area (Å²) in [5.74, 6) is 2.49. The van der Waals surface area contributed by atoms with Crippen LogP contribution in [0.25, 0.3) is 0 Å². The van der Waals surface area contributed by atoms with Gasteiger partial charge in [0.05, 0.1) is 11.5 Å². The third kappa shape index (κ3) is 3.47. The van der Waals surface area contributed by atoms with E-state index in [0.29, 0.717) is 23.3 Å². The van der Waals surface area contributed by atoms with Crippen LogP contribution < -0.4 is 5.73 Å². The summed E-state index contributed by atoms with van der Waals surface area (Å²) in [6.07, 6.45) is 8.19. The predicted octanol–water partition coefficient (Wildman–Crippen LogP) is 2.35. The third-order valence-electron chi connectivity index (χ3n) is 4.97. The quantitative estimate of drug-likeness (QED) is 0.855. The van der Waals surface area contributed by atoms with Crippen molar-refractivity contribution in [3.05, 3.63) is 0 Å². The number of nitrogens with two attached hydrogens (primary N) is 1. The number of sulfone groups is 1. The monoisotopic (exact) mass is 273 g/mol. The van der Waals surface area contributed by atoms with E-state index >= 15 is 0 Å². The smallest absolute Gasteiger partial charge is 0.150 e. The first kappa shape index (κ1) is 14.3. The Morgan fingerprint density at radius 2 is 1.94 bits per heavy atom. The van der Waals surface area contributed by atoms with Crippen LogP contribution in [0.2, 0.25) is 0 Å². The van der Waals surface area contributed by atoms with Gasteiger partial charge in [0.2, 0.25) is 0 Å². The highest BCUT2D eigenvalue weighted by molar-refractivity contribution is 7.91. The molecule has 0 spiro atoms. The maximum atomic E-state index is 11.5. The van der Waals surface area contributed by atoms with Gasteiger partial charge in [-0.05, 0) is 37.0 Å². The second-order valence-corrected chi connectivity index (χ2v) is 8.51. The molecular formula is C14H27NO2S. The first-order valence-corrected chi connectivity index (χ1v) is 9.30. The lowest BCUT2D eigenvalue weighted by molar-refractivity contribution is 0.181. The molecule has 1 saturated heterocycles. The van der Waals surface area contributed by atoms with Gasteiger partial charge in [0.15, 0.2) is 9.84 Å². The summed E-state index contributed by atoms with van der Waals surface area (Å²) in [5.41, 5.74) is 6.39. The summed E-state index contributed by atoms with van der Waals surface area (Å²) in [7, 11) is -2.75. The molecule has 1 heterocycles. The standard InChI is InChI=1S/C14H27NO2S/c1-2-12-5-3-4-6-13(12)14(15)9-11-7-8-18(16,17)10-11/h11-14H,2-10,15H2,1H3. The molecule has 0 aromatic rings. The minimum Gasteiger partial charge on any atom is -0.327 e. The zero-order valence-electron chi connectivity index (χ0n) is 11.5. The van der Waals surface area contributed by atoms with Crippen LogP contribution in [0.1, 0.15) is 51.9 Å². The molecule has 0 amide bonds. The number of rotatable bonds is 4. The van der Waals surface area contributed by atoms with Crippen molar-refractivity contribution >= 4 is 9.84 Å². The molecule has 1 aliphatic heterocycles. The molecule has 2 aliphatic rings. The second kappa shape index (κ2) is 5.91. The lowest BCUT2D eigenvalue weighted by Gasteiger charge is -2.36. The van der Waals surface area contributed by atoms with Crippen molar-refractivity contribution < 1.29 is 8.42 Å². The fraction of sp³-hybridized carbons (Fsp3) is 1.00. The Kier molecular flexibility index (Phi) is 4.70. The molecule has 106 valence electrons. The van der Waals surface area contributed by atoms with Crippen molar-refractivity contribution in [1.29, 1.82) is 0 Å². The normalized spacial score (nSPS) is 37.6. The minimum absolute atomic E-state index is 0.216. The molecule has 0 radical (unpaired) electrons. The van der Waals surface area contributed by atoms with Gasteiger partial charge in [-0.25, -0.2) is 8.42 Å². The Morgan fingerprint density at radius 1 is 1.22 bits per heavy atom. The molecule has 0 bridgehead atoms. The fourth-order valence-electron chi connectivity index (χ4n) is 3.92. The van der Waals surface area contributed by atoms with Gasteiger partial charge < -0.3 is 5.73 Å². The molecule has 1 aliphatic carbocycles. The average molecular weight is 273 g/mol. The Hall–Kier alpha value is -0.0900. The van der Waals surface area contributed by atoms with Gasteiger partial charge in [-0.1, -0.05) is 32.6 Å². The van der Waals surface area contributed by atoms with Crippen LogP contribution in [0.15, 0.2) is 0 Å². The van der Waals surface area contributed by atoms with Crippen LogP contribution in [0, 0.1) is 17.8 Å². The minimum atomic E-state index is -2.75. The molecule has 4 atom stereocenters. The Balaban J connectivity index is 1.89. The maximum Gasteiger partial charge on any atom is 0.150 e. The van der Waals surface area contributed by atoms with Gasteiger partial charge in [0.1, 0.15) is 0 Å². The van der Waals surface area contributed by atoms with Gasteiger partial charge in [-0.2, -0.15) is 0 Å². The van der Waals surface area contributed by atoms with Gasteiger partial charge in [-0.3, -0.25) is 0 Å². The maximum absolute atomic E-state index is 11.5. The molecule has 4 heteroatoms. The summed E-state index contributed by atoms with van der Waals surface area (Å²) >= 11 is 0. The van der Waals surface area contributed by atoms with E-state index in [-0.39, 0.29) is 6.04 Å². The van der Waals surface area contributed by atoms with Gasteiger partial charge in [0, 0.05) is 6.04 Å². The number of hydrogen-bond donors (Lipinski definition) is 1. The van der Waals surface area contributed by atoms with Gasteiger partial charge >= 0.3 is 0 Å². The first-order valence-electron chi connectivity index (χ1n) is 7.48. The topological polar surface area (TPSA) is 60.2 Å². The van der Waals surface area contributed by atoms with Crippen LogP contribution in [0.5, 0.6) is 0 Å². The van der Waals surface area contributed by atoms with Gasteiger partial charge in [0.25, 0.3) is 0 Å². The molecule has 0 aromatic heterocycles. The lowest BCUT2D eigenvalue weighted by Crippen LogP contribution is -2.38. The summed E-state index contributed by atoms with van der Waals surface area (Å²) in [4.78, 5) is 0. The van der Waals surface area contributed by atoms with E-state index in [9.17, 15) is 8.42 Å². The Bertz CT molecular complexity index is 366. The van der Waals surface area contributed by atoms with E-state index < -0.39 is 9.84 Å². The van der Waals surface area contributed by atoms with E-state index in [2.05, 4.69) is 6.92 Å². The highest BCUT2D eigenvalue weighted by Crippen LogP contribution is 2.36. The molecule has 18 heavy (non-hydrogen) atoms. The van der Waals surface area contributed by atoms with Crippen molar-refractivity contribution in [3.63, 3.8) is 0 Å². The fourth-order valence-corrected chi connectivity index (χ4v) is 5.80. The summed E-state index contributed by atoms with van der Waals surface area (Å²) in [5, 5.41) is 0. The predicted molar refractivity (Wildman–Crippen MR) is 75.1 cm³/mol. The van der Waals surface area contributed by atoms with E-state index in [1.807, 2.05) is 0 Å². The van der Waals surface area contributed by atoms with Crippen LogP contribution in [0.4, 0.5) is 0 Å². The zero-order chi connectivity index (χ0) is 13.2. The van der Waals surface area contributed by atoms with Crippen molar-refractivity contribution in [2.45, 2.75) is 57.9 Å². The van der Waals surface area contributed by atoms with E-state index in [1.165, 1.54) is 32.1 Å². The molecular weight excluding hydrogens is 246 g/mol. The molecule has 2 rings (SSSR count). The average Bonchev–Trinajstić information content (AvgIpc) is 2.68. The van der Waals surface area contributed by atoms with E-state index in [1.54, 1.807) is 0 Å². The van der Waals surface area contributed by atoms with Crippen molar-refractivity contribution in [3.8, 4) is 0 Å². The van der Waals surface area contributed by atoms with Crippen molar-refractivity contribution in [2.75, 3.05) is 11.5 Å². The van der Waals surface area contributed by atoms with E-state index in [4.69, 9.17) is 5.73 Å². The van der Waals surface area contributed by atoms with Crippen molar-refractivity contribution in [2.24, 2.45) is 23.5 Å². The molecule has 4 unspecified atom stereocenters. The molecule has 2 fully saturated rings. The largest absolute Gasteiger partial charge is 0.327 e. The summed E-state index contributed by atoms with van der Waals surface area (Å²) in [6.45, 7) is 2.26. The molecule has 3 nitrogen and oxygen atoms in total.